The predicted octanol–water partition coefficient (Wildman–Crippen LogP) is 2.94. The van der Waals surface area contributed by atoms with Gasteiger partial charge in [0, 0.05) is 24.1 Å². The largest absolute Gasteiger partial charge is 0.366 e. The van der Waals surface area contributed by atoms with E-state index in [2.05, 4.69) is 45.1 Å². The summed E-state index contributed by atoms with van der Waals surface area (Å²) in [7, 11) is 1.99. The fourth-order valence-electron chi connectivity index (χ4n) is 1.95. The minimum Gasteiger partial charge on any atom is -0.366 e. The Labute approximate surface area is 110 Å². The number of aryl methyl sites for hydroxylation is 1. The van der Waals surface area contributed by atoms with E-state index in [-0.39, 0.29) is 0 Å². The molecule has 2 aromatic heterocycles. The minimum absolute atomic E-state index is 0.365. The summed E-state index contributed by atoms with van der Waals surface area (Å²) in [5.41, 5.74) is 2.03. The van der Waals surface area contributed by atoms with Crippen molar-refractivity contribution < 1.29 is 0 Å². The van der Waals surface area contributed by atoms with E-state index in [4.69, 9.17) is 0 Å². The molecule has 0 aliphatic rings. The number of nitrogens with zero attached hydrogens (tertiary/aromatic N) is 3. The molecule has 2 aromatic rings. The summed E-state index contributed by atoms with van der Waals surface area (Å²) in [5, 5.41) is 3.41. The Hall–Kier alpha value is -1.10. The van der Waals surface area contributed by atoms with E-state index in [9.17, 15) is 0 Å². The molecule has 0 amide bonds. The third-order valence-electron chi connectivity index (χ3n) is 2.70. The molecule has 2 unspecified atom stereocenters. The molecule has 17 heavy (non-hydrogen) atoms. The Balaban J connectivity index is 2.24. The molecule has 2 rings (SSSR count). The lowest BCUT2D eigenvalue weighted by molar-refractivity contribution is 0.706. The van der Waals surface area contributed by atoms with Crippen LogP contribution in [0.4, 0.5) is 5.82 Å². The van der Waals surface area contributed by atoms with Crippen LogP contribution in [-0.4, -0.2) is 25.4 Å². The first-order chi connectivity index (χ1) is 8.08. The number of alkyl halides is 1. The minimum atomic E-state index is 0.365. The molecule has 0 saturated heterocycles. The molecular formula is C12H17BrN4. The highest BCUT2D eigenvalue weighted by atomic mass is 79.9. The molecule has 0 aliphatic heterocycles. The molecule has 2 atom stereocenters. The Kier molecular flexibility index (Phi) is 3.66. The number of hydrogen-bond acceptors (Lipinski definition) is 3. The van der Waals surface area contributed by atoms with Crippen molar-refractivity contribution >= 4 is 32.8 Å². The maximum Gasteiger partial charge on any atom is 0.154 e. The van der Waals surface area contributed by atoms with E-state index >= 15 is 0 Å². The maximum atomic E-state index is 4.38. The summed E-state index contributed by atoms with van der Waals surface area (Å²) in [6.45, 7) is 4.30. The third kappa shape index (κ3) is 2.77. The molecule has 0 saturated carbocycles. The van der Waals surface area contributed by atoms with Crippen LogP contribution < -0.4 is 5.32 Å². The molecule has 1 N–H and O–H groups in total. The first-order valence-corrected chi connectivity index (χ1v) is 6.66. The molecule has 0 bridgehead atoms. The molecule has 2 heterocycles. The molecule has 0 aromatic carbocycles. The monoisotopic (exact) mass is 296 g/mol. The molecular weight excluding hydrogens is 280 g/mol. The lowest BCUT2D eigenvalue weighted by atomic mass is 10.2. The summed E-state index contributed by atoms with van der Waals surface area (Å²) in [5.74, 6) is 0.865. The van der Waals surface area contributed by atoms with Gasteiger partial charge in [-0.15, -0.1) is 0 Å². The van der Waals surface area contributed by atoms with Gasteiger partial charge in [0.05, 0.1) is 11.8 Å². The molecule has 0 aliphatic carbocycles. The zero-order valence-electron chi connectivity index (χ0n) is 10.3. The van der Waals surface area contributed by atoms with Crippen LogP contribution in [0.25, 0.3) is 11.0 Å². The number of pyridine rings is 1. The van der Waals surface area contributed by atoms with Crippen molar-refractivity contribution in [2.75, 3.05) is 5.32 Å². The quantitative estimate of drug-likeness (QED) is 0.882. The molecule has 0 fully saturated rings. The maximum absolute atomic E-state index is 4.38. The van der Waals surface area contributed by atoms with Crippen LogP contribution in [0.15, 0.2) is 18.6 Å². The van der Waals surface area contributed by atoms with Crippen molar-refractivity contribution in [3.05, 3.63) is 18.6 Å². The lowest BCUT2D eigenvalue weighted by Crippen LogP contribution is -2.19. The van der Waals surface area contributed by atoms with Crippen molar-refractivity contribution in [2.24, 2.45) is 7.05 Å². The van der Waals surface area contributed by atoms with Crippen molar-refractivity contribution in [3.8, 4) is 0 Å². The second-order valence-electron chi connectivity index (χ2n) is 4.44. The van der Waals surface area contributed by atoms with Gasteiger partial charge in [-0.25, -0.2) is 9.97 Å². The fourth-order valence-corrected chi connectivity index (χ4v) is 2.51. The number of hydrogen-bond donors (Lipinski definition) is 1. The number of rotatable bonds is 4. The summed E-state index contributed by atoms with van der Waals surface area (Å²) in [4.78, 5) is 9.24. The SMILES string of the molecule is CC(Br)CC(C)Nc1nccc2c1ncn2C. The number of anilines is 1. The molecule has 5 heteroatoms. The van der Waals surface area contributed by atoms with Gasteiger partial charge in [-0.1, -0.05) is 22.9 Å². The average Bonchev–Trinajstić information content (AvgIpc) is 2.61. The standard InChI is InChI=1S/C12H17BrN4/c1-8(13)6-9(2)16-12-11-10(4-5-14-12)17(3)7-15-11/h4-5,7-9H,6H2,1-3H3,(H,14,16). The van der Waals surface area contributed by atoms with Crippen molar-refractivity contribution in [1.82, 2.24) is 14.5 Å². The van der Waals surface area contributed by atoms with E-state index in [1.165, 1.54) is 0 Å². The third-order valence-corrected chi connectivity index (χ3v) is 3.08. The summed E-state index contributed by atoms with van der Waals surface area (Å²) >= 11 is 3.56. The van der Waals surface area contributed by atoms with Crippen LogP contribution in [0.3, 0.4) is 0 Å². The summed E-state index contributed by atoms with van der Waals surface area (Å²) < 4.78 is 2.00. The zero-order valence-corrected chi connectivity index (χ0v) is 11.9. The van der Waals surface area contributed by atoms with Gasteiger partial charge in [-0.05, 0) is 19.4 Å². The van der Waals surface area contributed by atoms with Gasteiger partial charge < -0.3 is 9.88 Å². The fraction of sp³-hybridized carbons (Fsp3) is 0.500. The Morgan fingerprint density at radius 3 is 2.88 bits per heavy atom. The van der Waals surface area contributed by atoms with Gasteiger partial charge >= 0.3 is 0 Å². The predicted molar refractivity (Wildman–Crippen MR) is 74.6 cm³/mol. The van der Waals surface area contributed by atoms with Gasteiger partial charge in [0.1, 0.15) is 5.52 Å². The van der Waals surface area contributed by atoms with Crippen LogP contribution in [0.1, 0.15) is 20.3 Å². The van der Waals surface area contributed by atoms with E-state index in [1.807, 2.05) is 30.2 Å². The highest BCUT2D eigenvalue weighted by molar-refractivity contribution is 9.09. The molecule has 4 nitrogen and oxygen atoms in total. The zero-order chi connectivity index (χ0) is 12.4. The first-order valence-electron chi connectivity index (χ1n) is 5.74. The second-order valence-corrected chi connectivity index (χ2v) is 6.01. The Bertz CT molecular complexity index is 506. The van der Waals surface area contributed by atoms with E-state index in [1.54, 1.807) is 0 Å². The van der Waals surface area contributed by atoms with Crippen LogP contribution >= 0.6 is 15.9 Å². The van der Waals surface area contributed by atoms with Gasteiger partial charge in [-0.3, -0.25) is 0 Å². The second kappa shape index (κ2) is 5.04. The van der Waals surface area contributed by atoms with Gasteiger partial charge in [0.25, 0.3) is 0 Å². The molecule has 92 valence electrons. The van der Waals surface area contributed by atoms with Crippen molar-refractivity contribution in [1.29, 1.82) is 0 Å². The van der Waals surface area contributed by atoms with Crippen LogP contribution in [0.5, 0.6) is 0 Å². The number of halogens is 1. The van der Waals surface area contributed by atoms with Gasteiger partial charge in [-0.2, -0.15) is 0 Å². The number of aromatic nitrogens is 3. The van der Waals surface area contributed by atoms with E-state index < -0.39 is 0 Å². The molecule has 0 spiro atoms. The van der Waals surface area contributed by atoms with Crippen LogP contribution in [0, 0.1) is 0 Å². The van der Waals surface area contributed by atoms with E-state index in [0.29, 0.717) is 10.9 Å². The van der Waals surface area contributed by atoms with E-state index in [0.717, 1.165) is 23.3 Å². The van der Waals surface area contributed by atoms with Crippen molar-refractivity contribution in [3.63, 3.8) is 0 Å². The average molecular weight is 297 g/mol. The Morgan fingerprint density at radius 1 is 1.41 bits per heavy atom. The smallest absolute Gasteiger partial charge is 0.154 e. The summed E-state index contributed by atoms with van der Waals surface area (Å²) in [6, 6.07) is 2.34. The Morgan fingerprint density at radius 2 is 2.18 bits per heavy atom. The van der Waals surface area contributed by atoms with Gasteiger partial charge in [0.2, 0.25) is 0 Å². The van der Waals surface area contributed by atoms with Crippen molar-refractivity contribution in [2.45, 2.75) is 31.1 Å². The number of nitrogens with one attached hydrogen (secondary N) is 1. The molecule has 0 radical (unpaired) electrons. The highest BCUT2D eigenvalue weighted by Gasteiger charge is 2.11. The van der Waals surface area contributed by atoms with Crippen LogP contribution in [0.2, 0.25) is 0 Å². The summed E-state index contributed by atoms with van der Waals surface area (Å²) in [6.07, 6.45) is 4.68. The topological polar surface area (TPSA) is 42.7 Å². The number of fused-ring (bicyclic) bond motifs is 1. The van der Waals surface area contributed by atoms with Crippen LogP contribution in [-0.2, 0) is 7.05 Å². The highest BCUT2D eigenvalue weighted by Crippen LogP contribution is 2.20. The first kappa shape index (κ1) is 12.4. The van der Waals surface area contributed by atoms with Gasteiger partial charge in [0.15, 0.2) is 5.82 Å². The lowest BCUT2D eigenvalue weighted by Gasteiger charge is -2.15. The number of imidazole rings is 1. The normalized spacial score (nSPS) is 14.8.